The Hall–Kier alpha value is -1.68. The van der Waals surface area contributed by atoms with Crippen LogP contribution in [0.4, 0.5) is 4.39 Å². The van der Waals surface area contributed by atoms with Gasteiger partial charge in [0.15, 0.2) is 5.78 Å². The number of aromatic nitrogens is 2. The molecule has 0 fully saturated rings. The van der Waals surface area contributed by atoms with Gasteiger partial charge in [-0.3, -0.25) is 9.48 Å². The fraction of sp³-hybridized carbons (Fsp3) is 0.167. The second-order valence-corrected chi connectivity index (χ2v) is 4.07. The van der Waals surface area contributed by atoms with E-state index in [1.807, 2.05) is 0 Å². The molecule has 1 aromatic heterocycles. The predicted octanol–water partition coefficient (Wildman–Crippen LogP) is 2.87. The molecule has 0 unspecified atom stereocenters. The lowest BCUT2D eigenvalue weighted by Crippen LogP contribution is -2.12. The average molecular weight is 253 g/mol. The van der Waals surface area contributed by atoms with Gasteiger partial charge >= 0.3 is 0 Å². The maximum atomic E-state index is 12.7. The maximum absolute atomic E-state index is 12.7. The van der Waals surface area contributed by atoms with Gasteiger partial charge in [-0.1, -0.05) is 11.6 Å². The van der Waals surface area contributed by atoms with Gasteiger partial charge in [0.2, 0.25) is 0 Å². The number of ketones is 1. The van der Waals surface area contributed by atoms with Crippen molar-refractivity contribution in [1.29, 1.82) is 0 Å². The number of halogens is 2. The zero-order valence-electron chi connectivity index (χ0n) is 9.15. The summed E-state index contributed by atoms with van der Waals surface area (Å²) >= 11 is 5.84. The summed E-state index contributed by atoms with van der Waals surface area (Å²) in [7, 11) is 0. The van der Waals surface area contributed by atoms with E-state index >= 15 is 0 Å². The van der Waals surface area contributed by atoms with E-state index in [1.165, 1.54) is 35.1 Å². The van der Waals surface area contributed by atoms with Gasteiger partial charge in [0, 0.05) is 5.56 Å². The second-order valence-electron chi connectivity index (χ2n) is 3.67. The summed E-state index contributed by atoms with van der Waals surface area (Å²) in [5, 5.41) is 4.51. The number of nitrogens with zero attached hydrogens (tertiary/aromatic N) is 2. The molecule has 0 atom stereocenters. The van der Waals surface area contributed by atoms with Gasteiger partial charge < -0.3 is 0 Å². The molecule has 2 rings (SSSR count). The Kier molecular flexibility index (Phi) is 3.24. The van der Waals surface area contributed by atoms with E-state index in [0.29, 0.717) is 10.6 Å². The molecule has 0 spiro atoms. The molecule has 0 aliphatic heterocycles. The van der Waals surface area contributed by atoms with Gasteiger partial charge in [-0.15, -0.1) is 0 Å². The van der Waals surface area contributed by atoms with Crippen molar-refractivity contribution in [1.82, 2.24) is 9.78 Å². The molecular formula is C12H10ClFN2O. The molecule has 0 saturated heterocycles. The van der Waals surface area contributed by atoms with Gasteiger partial charge in [0.05, 0.1) is 16.9 Å². The second kappa shape index (κ2) is 4.67. The van der Waals surface area contributed by atoms with Gasteiger partial charge in [0.25, 0.3) is 0 Å². The van der Waals surface area contributed by atoms with E-state index in [1.54, 1.807) is 6.92 Å². The molecule has 5 heteroatoms. The SMILES string of the molecule is Cc1c(Cl)cnn1CC(=O)c1ccc(F)cc1. The van der Waals surface area contributed by atoms with Crippen molar-refractivity contribution in [2.45, 2.75) is 13.5 Å². The van der Waals surface area contributed by atoms with Crippen molar-refractivity contribution >= 4 is 17.4 Å². The fourth-order valence-electron chi connectivity index (χ4n) is 1.45. The first-order chi connectivity index (χ1) is 8.08. The highest BCUT2D eigenvalue weighted by atomic mass is 35.5. The highest BCUT2D eigenvalue weighted by Crippen LogP contribution is 2.14. The van der Waals surface area contributed by atoms with Crippen molar-refractivity contribution in [2.24, 2.45) is 0 Å². The average Bonchev–Trinajstić information content (AvgIpc) is 2.62. The smallest absolute Gasteiger partial charge is 0.184 e. The lowest BCUT2D eigenvalue weighted by atomic mass is 10.1. The molecular weight excluding hydrogens is 243 g/mol. The molecule has 2 aromatic rings. The van der Waals surface area contributed by atoms with E-state index in [2.05, 4.69) is 5.10 Å². The van der Waals surface area contributed by atoms with Gasteiger partial charge in [0.1, 0.15) is 12.4 Å². The summed E-state index contributed by atoms with van der Waals surface area (Å²) in [5.41, 5.74) is 1.19. The van der Waals surface area contributed by atoms with Crippen LogP contribution in [0.25, 0.3) is 0 Å². The van der Waals surface area contributed by atoms with Crippen LogP contribution in [0.5, 0.6) is 0 Å². The number of Topliss-reactive ketones (excluding diaryl/α,β-unsaturated/α-hetero) is 1. The van der Waals surface area contributed by atoms with Crippen LogP contribution in [0.1, 0.15) is 16.1 Å². The Bertz CT molecular complexity index is 548. The van der Waals surface area contributed by atoms with Gasteiger partial charge in [-0.05, 0) is 31.2 Å². The molecule has 0 N–H and O–H groups in total. The number of rotatable bonds is 3. The third kappa shape index (κ3) is 2.53. The molecule has 0 amide bonds. The Morgan fingerprint density at radius 3 is 2.59 bits per heavy atom. The summed E-state index contributed by atoms with van der Waals surface area (Å²) in [6.45, 7) is 1.89. The number of hydrogen-bond donors (Lipinski definition) is 0. The number of carbonyl (C=O) groups is 1. The zero-order chi connectivity index (χ0) is 12.4. The minimum absolute atomic E-state index is 0.101. The summed E-state index contributed by atoms with van der Waals surface area (Å²) in [5.74, 6) is -0.493. The topological polar surface area (TPSA) is 34.9 Å². The standard InChI is InChI=1S/C12H10ClFN2O/c1-8-11(13)6-15-16(8)7-12(17)9-2-4-10(14)5-3-9/h2-6H,7H2,1H3. The molecule has 0 saturated carbocycles. The predicted molar refractivity (Wildman–Crippen MR) is 62.7 cm³/mol. The number of hydrogen-bond acceptors (Lipinski definition) is 2. The Balaban J connectivity index is 2.17. The van der Waals surface area contributed by atoms with Gasteiger partial charge in [-0.2, -0.15) is 5.10 Å². The van der Waals surface area contributed by atoms with Crippen LogP contribution in [-0.2, 0) is 6.54 Å². The van der Waals surface area contributed by atoms with E-state index in [9.17, 15) is 9.18 Å². The van der Waals surface area contributed by atoms with Crippen LogP contribution >= 0.6 is 11.6 Å². The van der Waals surface area contributed by atoms with E-state index in [0.717, 1.165) is 5.69 Å². The van der Waals surface area contributed by atoms with Crippen LogP contribution in [0.2, 0.25) is 5.02 Å². The molecule has 0 aliphatic carbocycles. The molecule has 88 valence electrons. The first kappa shape index (κ1) is 11.8. The number of benzene rings is 1. The molecule has 0 radical (unpaired) electrons. The Morgan fingerprint density at radius 1 is 1.41 bits per heavy atom. The molecule has 1 aromatic carbocycles. The van der Waals surface area contributed by atoms with Crippen LogP contribution in [0.15, 0.2) is 30.5 Å². The van der Waals surface area contributed by atoms with Gasteiger partial charge in [-0.25, -0.2) is 4.39 Å². The first-order valence-electron chi connectivity index (χ1n) is 5.04. The molecule has 17 heavy (non-hydrogen) atoms. The van der Waals surface area contributed by atoms with Crippen molar-refractivity contribution in [2.75, 3.05) is 0 Å². The zero-order valence-corrected chi connectivity index (χ0v) is 9.91. The summed E-state index contributed by atoms with van der Waals surface area (Å²) in [4.78, 5) is 11.9. The van der Waals surface area contributed by atoms with Crippen LogP contribution < -0.4 is 0 Å². The highest BCUT2D eigenvalue weighted by molar-refractivity contribution is 6.31. The highest BCUT2D eigenvalue weighted by Gasteiger charge is 2.10. The maximum Gasteiger partial charge on any atom is 0.184 e. The monoisotopic (exact) mass is 252 g/mol. The van der Waals surface area contributed by atoms with E-state index in [-0.39, 0.29) is 18.1 Å². The van der Waals surface area contributed by atoms with E-state index in [4.69, 9.17) is 11.6 Å². The summed E-state index contributed by atoms with van der Waals surface area (Å²) < 4.78 is 14.2. The molecule has 0 aliphatic rings. The largest absolute Gasteiger partial charge is 0.292 e. The Morgan fingerprint density at radius 2 is 2.06 bits per heavy atom. The summed E-state index contributed by atoms with van der Waals surface area (Å²) in [6.07, 6.45) is 1.49. The minimum Gasteiger partial charge on any atom is -0.292 e. The van der Waals surface area contributed by atoms with Crippen molar-refractivity contribution in [3.63, 3.8) is 0 Å². The number of carbonyl (C=O) groups excluding carboxylic acids is 1. The van der Waals surface area contributed by atoms with Crippen LogP contribution in [-0.4, -0.2) is 15.6 Å². The lowest BCUT2D eigenvalue weighted by molar-refractivity contribution is 0.0967. The van der Waals surface area contributed by atoms with Crippen LogP contribution in [0, 0.1) is 12.7 Å². The van der Waals surface area contributed by atoms with Crippen molar-refractivity contribution in [3.8, 4) is 0 Å². The van der Waals surface area contributed by atoms with Crippen LogP contribution in [0.3, 0.4) is 0 Å². The third-order valence-corrected chi connectivity index (χ3v) is 2.87. The van der Waals surface area contributed by atoms with Crippen molar-refractivity contribution < 1.29 is 9.18 Å². The fourth-order valence-corrected chi connectivity index (χ4v) is 1.59. The van der Waals surface area contributed by atoms with Crippen molar-refractivity contribution in [3.05, 3.63) is 52.6 Å². The first-order valence-corrected chi connectivity index (χ1v) is 5.42. The quantitative estimate of drug-likeness (QED) is 0.788. The minimum atomic E-state index is -0.361. The lowest BCUT2D eigenvalue weighted by Gasteiger charge is -2.04. The molecule has 1 heterocycles. The van der Waals surface area contributed by atoms with E-state index < -0.39 is 0 Å². The third-order valence-electron chi connectivity index (χ3n) is 2.50. The summed E-state index contributed by atoms with van der Waals surface area (Å²) in [6, 6.07) is 5.43. The molecule has 3 nitrogen and oxygen atoms in total. The normalized spacial score (nSPS) is 10.5. The molecule has 0 bridgehead atoms. The Labute approximate surface area is 103 Å².